The summed E-state index contributed by atoms with van der Waals surface area (Å²) in [6, 6.07) is 21.3. The number of rotatable bonds is 9. The third-order valence-electron chi connectivity index (χ3n) is 6.35. The van der Waals surface area contributed by atoms with E-state index in [0.717, 1.165) is 54.9 Å². The lowest BCUT2D eigenvalue weighted by Gasteiger charge is -2.14. The number of halogens is 2. The molecule has 0 unspecified atom stereocenters. The largest absolute Gasteiger partial charge is 0.507 e. The molecular formula is C32H28I2O4. The van der Waals surface area contributed by atoms with E-state index in [2.05, 4.69) is 53.4 Å². The summed E-state index contributed by atoms with van der Waals surface area (Å²) in [6.45, 7) is 5.86. The van der Waals surface area contributed by atoms with Crippen molar-refractivity contribution in [1.82, 2.24) is 0 Å². The van der Waals surface area contributed by atoms with Gasteiger partial charge < -0.3 is 18.0 Å². The van der Waals surface area contributed by atoms with Crippen molar-refractivity contribution in [3.05, 3.63) is 111 Å². The van der Waals surface area contributed by atoms with Gasteiger partial charge in [-0.15, -0.1) is 6.58 Å². The van der Waals surface area contributed by atoms with Gasteiger partial charge in [0.25, 0.3) is 0 Å². The highest BCUT2D eigenvalue weighted by molar-refractivity contribution is 14.1. The van der Waals surface area contributed by atoms with Gasteiger partial charge >= 0.3 is 0 Å². The SMILES string of the molecule is C=CCc1ccc(OI)c(-c2cc(C/C=C\c3cc(O)c(-c4cc(I)ccc4O)cc3C)ccc2OC)c1. The first-order valence-corrected chi connectivity index (χ1v) is 14.0. The normalized spacial score (nSPS) is 11.1. The molecule has 4 nitrogen and oxygen atoms in total. The highest BCUT2D eigenvalue weighted by atomic mass is 127. The average molecular weight is 730 g/mol. The first-order chi connectivity index (χ1) is 18.3. The van der Waals surface area contributed by atoms with E-state index in [9.17, 15) is 10.2 Å². The molecule has 0 aliphatic carbocycles. The van der Waals surface area contributed by atoms with E-state index >= 15 is 0 Å². The van der Waals surface area contributed by atoms with Crippen molar-refractivity contribution >= 4 is 51.7 Å². The lowest BCUT2D eigenvalue weighted by atomic mass is 9.96. The van der Waals surface area contributed by atoms with Crippen molar-refractivity contribution < 1.29 is 18.0 Å². The minimum absolute atomic E-state index is 0.130. The van der Waals surface area contributed by atoms with Crippen molar-refractivity contribution in [2.24, 2.45) is 0 Å². The summed E-state index contributed by atoms with van der Waals surface area (Å²) < 4.78 is 12.3. The van der Waals surface area contributed by atoms with Gasteiger partial charge in [-0.2, -0.15) is 0 Å². The molecule has 194 valence electrons. The van der Waals surface area contributed by atoms with Crippen molar-refractivity contribution in [2.45, 2.75) is 19.8 Å². The molecule has 0 saturated heterocycles. The standard InChI is InChI=1S/C32H28I2O4/c1-4-6-21-10-14-32(38-34)28(16-21)27-17-22(9-13-31(27)37-3)7-5-8-23-18-30(36)25(15-20(23)2)26-19-24(33)11-12-29(26)35/h4-5,8-19,35-36H,1,6-7H2,2-3H3/b8-5-. The molecule has 0 saturated carbocycles. The molecule has 4 rings (SSSR count). The van der Waals surface area contributed by atoms with Crippen LogP contribution in [0.3, 0.4) is 0 Å². The number of methoxy groups -OCH3 is 1. The number of benzene rings is 4. The maximum absolute atomic E-state index is 10.8. The van der Waals surface area contributed by atoms with Gasteiger partial charge in [-0.1, -0.05) is 30.4 Å². The minimum atomic E-state index is 0.130. The third kappa shape index (κ3) is 6.35. The van der Waals surface area contributed by atoms with Crippen LogP contribution in [0.2, 0.25) is 0 Å². The number of hydrogen-bond acceptors (Lipinski definition) is 4. The van der Waals surface area contributed by atoms with Gasteiger partial charge in [0, 0.05) is 25.8 Å². The van der Waals surface area contributed by atoms with Crippen LogP contribution in [0.5, 0.6) is 23.0 Å². The summed E-state index contributed by atoms with van der Waals surface area (Å²) in [5.41, 5.74) is 7.36. The molecule has 0 fully saturated rings. The summed E-state index contributed by atoms with van der Waals surface area (Å²) in [5, 5.41) is 21.1. The number of aryl methyl sites for hydroxylation is 1. The van der Waals surface area contributed by atoms with E-state index in [4.69, 9.17) is 7.80 Å². The molecule has 0 radical (unpaired) electrons. The quantitative estimate of drug-likeness (QED) is 0.133. The van der Waals surface area contributed by atoms with Crippen LogP contribution in [0.4, 0.5) is 0 Å². The van der Waals surface area contributed by atoms with Gasteiger partial charge in [-0.05, 0) is 119 Å². The highest BCUT2D eigenvalue weighted by Gasteiger charge is 2.14. The van der Waals surface area contributed by atoms with Gasteiger partial charge in [0.15, 0.2) is 23.0 Å². The molecule has 4 aromatic rings. The fourth-order valence-corrected chi connectivity index (χ4v) is 5.27. The number of allylic oxidation sites excluding steroid dienone is 2. The van der Waals surface area contributed by atoms with Crippen LogP contribution in [0, 0.1) is 10.5 Å². The lowest BCUT2D eigenvalue weighted by molar-refractivity contribution is 0.416. The summed E-state index contributed by atoms with van der Waals surface area (Å²) >= 11 is 4.10. The Morgan fingerprint density at radius 2 is 1.45 bits per heavy atom. The average Bonchev–Trinajstić information content (AvgIpc) is 2.92. The van der Waals surface area contributed by atoms with E-state index in [-0.39, 0.29) is 11.5 Å². The summed E-state index contributed by atoms with van der Waals surface area (Å²) in [7, 11) is 1.67. The number of phenols is 2. The van der Waals surface area contributed by atoms with E-state index in [1.807, 2.05) is 78.5 Å². The zero-order valence-electron chi connectivity index (χ0n) is 21.2. The number of hydrogen-bond donors (Lipinski definition) is 2. The fourth-order valence-electron chi connectivity index (χ4n) is 4.40. The molecule has 0 aliphatic rings. The van der Waals surface area contributed by atoms with Crippen LogP contribution < -0.4 is 7.80 Å². The Balaban J connectivity index is 1.62. The Hall–Kier alpha value is -2.98. The predicted molar refractivity (Wildman–Crippen MR) is 172 cm³/mol. The maximum Gasteiger partial charge on any atom is 0.192 e. The zero-order valence-corrected chi connectivity index (χ0v) is 25.5. The van der Waals surface area contributed by atoms with Crippen molar-refractivity contribution in [3.8, 4) is 45.3 Å². The Bertz CT molecular complexity index is 1510. The van der Waals surface area contributed by atoms with Crippen molar-refractivity contribution in [2.75, 3.05) is 7.11 Å². The van der Waals surface area contributed by atoms with Crippen LogP contribution in [0.25, 0.3) is 28.3 Å². The molecule has 0 heterocycles. The molecule has 4 aromatic carbocycles. The van der Waals surface area contributed by atoms with Crippen LogP contribution >= 0.6 is 45.6 Å². The molecule has 0 spiro atoms. The Labute approximate surface area is 251 Å². The maximum atomic E-state index is 10.8. The van der Waals surface area contributed by atoms with Gasteiger partial charge in [-0.3, -0.25) is 0 Å². The molecule has 6 heteroatoms. The van der Waals surface area contributed by atoms with Gasteiger partial charge in [0.1, 0.15) is 23.0 Å². The topological polar surface area (TPSA) is 58.9 Å². The molecule has 0 atom stereocenters. The second-order valence-corrected chi connectivity index (χ2v) is 10.6. The van der Waals surface area contributed by atoms with Crippen molar-refractivity contribution in [3.63, 3.8) is 0 Å². The Kier molecular flexibility index (Phi) is 9.38. The molecule has 38 heavy (non-hydrogen) atoms. The van der Waals surface area contributed by atoms with Crippen LogP contribution in [-0.4, -0.2) is 17.3 Å². The van der Waals surface area contributed by atoms with Gasteiger partial charge in [-0.25, -0.2) is 0 Å². The minimum Gasteiger partial charge on any atom is -0.507 e. The van der Waals surface area contributed by atoms with E-state index in [1.54, 1.807) is 19.2 Å². The second kappa shape index (κ2) is 12.7. The van der Waals surface area contributed by atoms with E-state index in [1.165, 1.54) is 0 Å². The highest BCUT2D eigenvalue weighted by Crippen LogP contribution is 2.40. The van der Waals surface area contributed by atoms with E-state index < -0.39 is 0 Å². The number of ether oxygens (including phenoxy) is 1. The Morgan fingerprint density at radius 3 is 2.13 bits per heavy atom. The molecule has 0 aromatic heterocycles. The van der Waals surface area contributed by atoms with Crippen molar-refractivity contribution in [1.29, 1.82) is 0 Å². The fraction of sp³-hybridized carbons (Fsp3) is 0.125. The zero-order chi connectivity index (χ0) is 27.2. The van der Waals surface area contributed by atoms with Crippen LogP contribution in [0.1, 0.15) is 22.3 Å². The van der Waals surface area contributed by atoms with Gasteiger partial charge in [0.05, 0.1) is 7.11 Å². The van der Waals surface area contributed by atoms with Gasteiger partial charge in [0.2, 0.25) is 0 Å². The molecule has 0 amide bonds. The molecular weight excluding hydrogens is 702 g/mol. The summed E-state index contributed by atoms with van der Waals surface area (Å²) in [5.74, 6) is 1.82. The summed E-state index contributed by atoms with van der Waals surface area (Å²) in [6.07, 6.45) is 7.45. The third-order valence-corrected chi connectivity index (χ3v) is 7.49. The summed E-state index contributed by atoms with van der Waals surface area (Å²) in [4.78, 5) is 0. The molecule has 2 N–H and O–H groups in total. The second-order valence-electron chi connectivity index (χ2n) is 8.93. The molecule has 0 aliphatic heterocycles. The predicted octanol–water partition coefficient (Wildman–Crippen LogP) is 9.07. The molecule has 0 bridgehead atoms. The van der Waals surface area contributed by atoms with E-state index in [0.29, 0.717) is 17.5 Å². The first kappa shape index (κ1) is 28.0. The Morgan fingerprint density at radius 1 is 0.789 bits per heavy atom. The number of phenolic OH excluding ortho intramolecular Hbond substituents is 2. The first-order valence-electron chi connectivity index (χ1n) is 12.0. The smallest absolute Gasteiger partial charge is 0.192 e. The lowest BCUT2D eigenvalue weighted by Crippen LogP contribution is -1.94. The monoisotopic (exact) mass is 730 g/mol. The number of aromatic hydroxyl groups is 2. The van der Waals surface area contributed by atoms with Crippen LogP contribution in [0.15, 0.2) is 85.5 Å². The van der Waals surface area contributed by atoms with Crippen LogP contribution in [-0.2, 0) is 12.8 Å².